The van der Waals surface area contributed by atoms with Crippen LogP contribution in [0.3, 0.4) is 0 Å². The number of pyridine rings is 2. The molecule has 1 amide bonds. The van der Waals surface area contributed by atoms with Gasteiger partial charge >= 0.3 is 6.18 Å². The molecule has 136 valence electrons. The number of hydrogen-bond acceptors (Lipinski definition) is 5. The summed E-state index contributed by atoms with van der Waals surface area (Å²) in [5.41, 5.74) is 0.511. The van der Waals surface area contributed by atoms with Crippen LogP contribution < -0.4 is 10.1 Å². The van der Waals surface area contributed by atoms with Gasteiger partial charge in [0, 0.05) is 12.4 Å². The number of halogens is 3. The standard InChI is InChI=1S/C16H14F3N5O2/c1-10(13-23-22-12-6-2-3-8-24(12)13)21-14(25)11-5-4-7-20-15(11)26-9-16(17,18)19/h2-8,10H,9H2,1H3,(H,21,25). The smallest absolute Gasteiger partial charge is 0.422 e. The summed E-state index contributed by atoms with van der Waals surface area (Å²) < 4.78 is 43.4. The molecule has 10 heteroatoms. The summed E-state index contributed by atoms with van der Waals surface area (Å²) in [6.45, 7) is 0.155. The number of amides is 1. The van der Waals surface area contributed by atoms with E-state index in [4.69, 9.17) is 0 Å². The molecule has 26 heavy (non-hydrogen) atoms. The van der Waals surface area contributed by atoms with Crippen LogP contribution in [0.15, 0.2) is 42.7 Å². The van der Waals surface area contributed by atoms with Crippen LogP contribution in [-0.2, 0) is 0 Å². The van der Waals surface area contributed by atoms with E-state index >= 15 is 0 Å². The SMILES string of the molecule is CC(NC(=O)c1cccnc1OCC(F)(F)F)c1nnc2ccccn12. The Morgan fingerprint density at radius 3 is 2.85 bits per heavy atom. The van der Waals surface area contributed by atoms with Gasteiger partial charge in [-0.25, -0.2) is 4.98 Å². The zero-order valence-electron chi connectivity index (χ0n) is 13.6. The molecular formula is C16H14F3N5O2. The summed E-state index contributed by atoms with van der Waals surface area (Å²) >= 11 is 0. The van der Waals surface area contributed by atoms with E-state index in [0.29, 0.717) is 11.5 Å². The molecule has 3 rings (SSSR count). The molecule has 0 radical (unpaired) electrons. The van der Waals surface area contributed by atoms with E-state index in [0.717, 1.165) is 0 Å². The number of carbonyl (C=O) groups is 1. The second kappa shape index (κ2) is 6.98. The van der Waals surface area contributed by atoms with E-state index in [-0.39, 0.29) is 11.4 Å². The Hall–Kier alpha value is -3.17. The molecule has 7 nitrogen and oxygen atoms in total. The average molecular weight is 365 g/mol. The third kappa shape index (κ3) is 3.90. The molecule has 0 aliphatic heterocycles. The fourth-order valence-corrected chi connectivity index (χ4v) is 2.32. The van der Waals surface area contributed by atoms with Gasteiger partial charge in [-0.15, -0.1) is 10.2 Å². The number of alkyl halides is 3. The first-order valence-corrected chi connectivity index (χ1v) is 7.60. The van der Waals surface area contributed by atoms with Crippen LogP contribution in [0, 0.1) is 0 Å². The van der Waals surface area contributed by atoms with Gasteiger partial charge in [-0.3, -0.25) is 9.20 Å². The summed E-state index contributed by atoms with van der Waals surface area (Å²) in [6, 6.07) is 7.58. The highest BCUT2D eigenvalue weighted by atomic mass is 19.4. The highest BCUT2D eigenvalue weighted by molar-refractivity contribution is 5.96. The van der Waals surface area contributed by atoms with E-state index in [9.17, 15) is 18.0 Å². The summed E-state index contributed by atoms with van der Waals surface area (Å²) in [7, 11) is 0. The van der Waals surface area contributed by atoms with Gasteiger partial charge in [0.15, 0.2) is 18.1 Å². The third-order valence-electron chi connectivity index (χ3n) is 3.46. The lowest BCUT2D eigenvalue weighted by atomic mass is 10.2. The molecule has 1 unspecified atom stereocenters. The van der Waals surface area contributed by atoms with E-state index in [1.54, 1.807) is 35.7 Å². The first kappa shape index (κ1) is 17.6. The van der Waals surface area contributed by atoms with Crippen molar-refractivity contribution in [1.82, 2.24) is 24.9 Å². The van der Waals surface area contributed by atoms with Crippen LogP contribution in [0.4, 0.5) is 13.2 Å². The van der Waals surface area contributed by atoms with E-state index < -0.39 is 24.7 Å². The molecule has 0 fully saturated rings. The Labute approximate surface area is 145 Å². The van der Waals surface area contributed by atoms with Crippen molar-refractivity contribution in [1.29, 1.82) is 0 Å². The second-order valence-corrected chi connectivity index (χ2v) is 5.44. The minimum Gasteiger partial charge on any atom is -0.467 e. The average Bonchev–Trinajstić information content (AvgIpc) is 3.03. The van der Waals surface area contributed by atoms with E-state index in [1.807, 2.05) is 0 Å². The van der Waals surface area contributed by atoms with Gasteiger partial charge < -0.3 is 10.1 Å². The fourth-order valence-electron chi connectivity index (χ4n) is 2.32. The van der Waals surface area contributed by atoms with Crippen molar-refractivity contribution in [3.63, 3.8) is 0 Å². The topological polar surface area (TPSA) is 81.4 Å². The number of nitrogens with zero attached hydrogens (tertiary/aromatic N) is 4. The summed E-state index contributed by atoms with van der Waals surface area (Å²) in [5.74, 6) is -0.535. The number of aromatic nitrogens is 4. The maximum atomic E-state index is 12.5. The highest BCUT2D eigenvalue weighted by Crippen LogP contribution is 2.21. The number of nitrogens with one attached hydrogen (secondary N) is 1. The molecule has 3 aromatic rings. The number of carbonyl (C=O) groups excluding carboxylic acids is 1. The highest BCUT2D eigenvalue weighted by Gasteiger charge is 2.30. The predicted octanol–water partition coefficient (Wildman–Crippen LogP) is 2.56. The van der Waals surface area contributed by atoms with Crippen LogP contribution in [-0.4, -0.2) is 38.3 Å². The number of hydrogen-bond donors (Lipinski definition) is 1. The molecule has 3 heterocycles. The molecule has 0 spiro atoms. The zero-order valence-corrected chi connectivity index (χ0v) is 13.6. The number of rotatable bonds is 5. The normalized spacial score (nSPS) is 12.8. The Morgan fingerprint density at radius 1 is 1.27 bits per heavy atom. The van der Waals surface area contributed by atoms with Crippen LogP contribution in [0.2, 0.25) is 0 Å². The Morgan fingerprint density at radius 2 is 2.08 bits per heavy atom. The lowest BCUT2D eigenvalue weighted by Crippen LogP contribution is -2.29. The van der Waals surface area contributed by atoms with Gasteiger partial charge in [-0.05, 0) is 31.2 Å². The largest absolute Gasteiger partial charge is 0.467 e. The minimum absolute atomic E-state index is 0.0996. The van der Waals surface area contributed by atoms with Crippen molar-refractivity contribution in [2.75, 3.05) is 6.61 Å². The molecule has 0 aliphatic rings. The Kier molecular flexibility index (Phi) is 4.74. The third-order valence-corrected chi connectivity index (χ3v) is 3.46. The Balaban J connectivity index is 1.78. The Bertz CT molecular complexity index is 925. The van der Waals surface area contributed by atoms with Gasteiger partial charge in [0.05, 0.1) is 6.04 Å². The first-order valence-electron chi connectivity index (χ1n) is 7.60. The van der Waals surface area contributed by atoms with Crippen molar-refractivity contribution >= 4 is 11.6 Å². The van der Waals surface area contributed by atoms with Gasteiger partial charge in [-0.2, -0.15) is 13.2 Å². The second-order valence-electron chi connectivity index (χ2n) is 5.44. The maximum Gasteiger partial charge on any atom is 0.422 e. The molecule has 1 atom stereocenters. The van der Waals surface area contributed by atoms with Crippen molar-refractivity contribution < 1.29 is 22.7 Å². The van der Waals surface area contributed by atoms with Crippen molar-refractivity contribution in [2.24, 2.45) is 0 Å². The quantitative estimate of drug-likeness (QED) is 0.752. The van der Waals surface area contributed by atoms with Crippen molar-refractivity contribution in [3.05, 3.63) is 54.1 Å². The van der Waals surface area contributed by atoms with Crippen LogP contribution >= 0.6 is 0 Å². The van der Waals surface area contributed by atoms with Crippen LogP contribution in [0.5, 0.6) is 5.88 Å². The number of fused-ring (bicyclic) bond motifs is 1. The molecule has 1 N–H and O–H groups in total. The van der Waals surface area contributed by atoms with E-state index in [1.165, 1.54) is 18.3 Å². The lowest BCUT2D eigenvalue weighted by Gasteiger charge is -2.15. The predicted molar refractivity (Wildman–Crippen MR) is 84.7 cm³/mol. The molecule has 0 aliphatic carbocycles. The van der Waals surface area contributed by atoms with Crippen molar-refractivity contribution in [2.45, 2.75) is 19.1 Å². The summed E-state index contributed by atoms with van der Waals surface area (Å²) in [6.07, 6.45) is -1.54. The fraction of sp³-hybridized carbons (Fsp3) is 0.250. The molecular weight excluding hydrogens is 351 g/mol. The molecule has 3 aromatic heterocycles. The van der Waals surface area contributed by atoms with Crippen LogP contribution in [0.25, 0.3) is 5.65 Å². The molecule has 0 bridgehead atoms. The monoisotopic (exact) mass is 365 g/mol. The number of ether oxygens (including phenoxy) is 1. The van der Waals surface area contributed by atoms with Gasteiger partial charge in [0.25, 0.3) is 5.91 Å². The zero-order chi connectivity index (χ0) is 18.7. The van der Waals surface area contributed by atoms with Gasteiger partial charge in [0.2, 0.25) is 5.88 Å². The van der Waals surface area contributed by atoms with Crippen molar-refractivity contribution in [3.8, 4) is 5.88 Å². The molecule has 0 saturated carbocycles. The maximum absolute atomic E-state index is 12.5. The summed E-state index contributed by atoms with van der Waals surface area (Å²) in [4.78, 5) is 16.2. The molecule has 0 saturated heterocycles. The van der Waals surface area contributed by atoms with Gasteiger partial charge in [-0.1, -0.05) is 6.07 Å². The first-order chi connectivity index (χ1) is 12.3. The van der Waals surface area contributed by atoms with E-state index in [2.05, 4.69) is 25.2 Å². The van der Waals surface area contributed by atoms with Gasteiger partial charge in [0.1, 0.15) is 5.56 Å². The minimum atomic E-state index is -4.53. The lowest BCUT2D eigenvalue weighted by molar-refractivity contribution is -0.154. The summed E-state index contributed by atoms with van der Waals surface area (Å²) in [5, 5.41) is 10.7. The molecule has 0 aromatic carbocycles. The van der Waals surface area contributed by atoms with Crippen LogP contribution in [0.1, 0.15) is 29.1 Å².